The normalized spacial score (nSPS) is 18.0. The Balaban J connectivity index is 2.00. The maximum atomic E-state index is 12.3. The zero-order valence-corrected chi connectivity index (χ0v) is 11.4. The number of anilines is 1. The van der Waals surface area contributed by atoms with Crippen molar-refractivity contribution in [1.82, 2.24) is 0 Å². The molecule has 1 aliphatic carbocycles. The van der Waals surface area contributed by atoms with E-state index in [0.29, 0.717) is 6.42 Å². The minimum atomic E-state index is -0.333. The van der Waals surface area contributed by atoms with Gasteiger partial charge in [0, 0.05) is 24.7 Å². The summed E-state index contributed by atoms with van der Waals surface area (Å²) in [5, 5.41) is 9.26. The second-order valence-electron chi connectivity index (χ2n) is 5.57. The van der Waals surface area contributed by atoms with Crippen LogP contribution >= 0.6 is 0 Å². The molecule has 0 aliphatic heterocycles. The van der Waals surface area contributed by atoms with Gasteiger partial charge in [0.15, 0.2) is 0 Å². The van der Waals surface area contributed by atoms with Gasteiger partial charge in [-0.15, -0.1) is 0 Å². The largest absolute Gasteiger partial charge is 0.508 e. The molecule has 4 nitrogen and oxygen atoms in total. The van der Waals surface area contributed by atoms with Crippen LogP contribution in [0, 0.1) is 0 Å². The number of phenols is 1. The predicted octanol–water partition coefficient (Wildman–Crippen LogP) is 2.41. The van der Waals surface area contributed by atoms with Gasteiger partial charge in [-0.2, -0.15) is 0 Å². The number of nitrogens with zero attached hydrogens (tertiary/aromatic N) is 1. The van der Waals surface area contributed by atoms with E-state index in [4.69, 9.17) is 5.73 Å². The summed E-state index contributed by atoms with van der Waals surface area (Å²) in [7, 11) is 1.75. The van der Waals surface area contributed by atoms with Crippen molar-refractivity contribution < 1.29 is 9.90 Å². The number of hydrogen-bond acceptors (Lipinski definition) is 3. The number of carbonyl (C=O) groups is 1. The lowest BCUT2D eigenvalue weighted by molar-refractivity contribution is -0.119. The molecule has 0 unspecified atom stereocenters. The summed E-state index contributed by atoms with van der Waals surface area (Å²) >= 11 is 0. The van der Waals surface area contributed by atoms with E-state index in [0.717, 1.165) is 31.4 Å². The van der Waals surface area contributed by atoms with Gasteiger partial charge in [0.2, 0.25) is 5.91 Å². The van der Waals surface area contributed by atoms with Gasteiger partial charge in [0.25, 0.3) is 0 Å². The number of benzene rings is 1. The monoisotopic (exact) mass is 262 g/mol. The van der Waals surface area contributed by atoms with Gasteiger partial charge in [-0.25, -0.2) is 0 Å². The Kier molecular flexibility index (Phi) is 4.10. The van der Waals surface area contributed by atoms with Crippen LogP contribution in [0.4, 0.5) is 5.69 Å². The fraction of sp³-hybridized carbons (Fsp3) is 0.533. The van der Waals surface area contributed by atoms with E-state index in [1.54, 1.807) is 36.2 Å². The third-order valence-electron chi connectivity index (χ3n) is 3.96. The van der Waals surface area contributed by atoms with Crippen LogP contribution in [0.15, 0.2) is 24.3 Å². The van der Waals surface area contributed by atoms with Crippen LogP contribution in [0.3, 0.4) is 0 Å². The molecule has 104 valence electrons. The van der Waals surface area contributed by atoms with Crippen molar-refractivity contribution >= 4 is 11.6 Å². The van der Waals surface area contributed by atoms with Crippen LogP contribution in [0.2, 0.25) is 0 Å². The summed E-state index contributed by atoms with van der Waals surface area (Å²) in [6.07, 6.45) is 5.72. The summed E-state index contributed by atoms with van der Waals surface area (Å²) in [4.78, 5) is 13.9. The van der Waals surface area contributed by atoms with Crippen molar-refractivity contribution in [3.63, 3.8) is 0 Å². The van der Waals surface area contributed by atoms with Gasteiger partial charge >= 0.3 is 0 Å². The first-order chi connectivity index (χ1) is 9.00. The van der Waals surface area contributed by atoms with Crippen molar-refractivity contribution in [3.05, 3.63) is 24.3 Å². The molecule has 1 aromatic carbocycles. The van der Waals surface area contributed by atoms with E-state index in [1.165, 1.54) is 6.42 Å². The Labute approximate surface area is 114 Å². The topological polar surface area (TPSA) is 66.6 Å². The fourth-order valence-electron chi connectivity index (χ4n) is 2.67. The molecule has 0 bridgehead atoms. The molecule has 0 atom stereocenters. The average molecular weight is 262 g/mol. The molecule has 4 heteroatoms. The van der Waals surface area contributed by atoms with Crippen molar-refractivity contribution in [3.8, 4) is 5.75 Å². The number of carbonyl (C=O) groups excluding carboxylic acids is 1. The lowest BCUT2D eigenvalue weighted by Gasteiger charge is -2.34. The summed E-state index contributed by atoms with van der Waals surface area (Å²) in [6.45, 7) is 0. The zero-order valence-electron chi connectivity index (χ0n) is 11.4. The van der Waals surface area contributed by atoms with E-state index in [9.17, 15) is 9.90 Å². The Morgan fingerprint density at radius 2 is 1.84 bits per heavy atom. The van der Waals surface area contributed by atoms with Gasteiger partial charge in [-0.3, -0.25) is 4.79 Å². The molecule has 0 spiro atoms. The van der Waals surface area contributed by atoms with Gasteiger partial charge in [-0.1, -0.05) is 19.3 Å². The van der Waals surface area contributed by atoms with Crippen LogP contribution in [-0.4, -0.2) is 23.6 Å². The third kappa shape index (κ3) is 3.47. The summed E-state index contributed by atoms with van der Waals surface area (Å²) < 4.78 is 0. The minimum absolute atomic E-state index is 0.0371. The predicted molar refractivity (Wildman–Crippen MR) is 76.1 cm³/mol. The average Bonchev–Trinajstić information content (AvgIpc) is 2.39. The first-order valence-corrected chi connectivity index (χ1v) is 6.85. The van der Waals surface area contributed by atoms with Crippen LogP contribution < -0.4 is 10.6 Å². The molecule has 2 rings (SSSR count). The molecule has 0 heterocycles. The molecule has 0 radical (unpaired) electrons. The number of nitrogens with two attached hydrogens (primary N) is 1. The van der Waals surface area contributed by atoms with Crippen molar-refractivity contribution in [1.29, 1.82) is 0 Å². The van der Waals surface area contributed by atoms with Gasteiger partial charge in [0.1, 0.15) is 5.75 Å². The van der Waals surface area contributed by atoms with Crippen LogP contribution in [0.25, 0.3) is 0 Å². The smallest absolute Gasteiger partial charge is 0.228 e. The lowest BCUT2D eigenvalue weighted by atomic mass is 9.80. The van der Waals surface area contributed by atoms with Crippen LogP contribution in [0.1, 0.15) is 38.5 Å². The molecule has 1 saturated carbocycles. The highest BCUT2D eigenvalue weighted by molar-refractivity contribution is 5.93. The highest BCUT2D eigenvalue weighted by atomic mass is 16.3. The SMILES string of the molecule is CN(C(=O)CC1(N)CCCCC1)c1ccc(O)cc1. The summed E-state index contributed by atoms with van der Waals surface area (Å²) in [6, 6.07) is 6.63. The van der Waals surface area contributed by atoms with Crippen molar-refractivity contribution in [2.45, 2.75) is 44.1 Å². The van der Waals surface area contributed by atoms with E-state index in [2.05, 4.69) is 0 Å². The Morgan fingerprint density at radius 3 is 2.42 bits per heavy atom. The Hall–Kier alpha value is -1.55. The lowest BCUT2D eigenvalue weighted by Crippen LogP contribution is -2.46. The summed E-state index contributed by atoms with van der Waals surface area (Å²) in [5.74, 6) is 0.238. The summed E-state index contributed by atoms with van der Waals surface area (Å²) in [5.41, 5.74) is 6.76. The van der Waals surface area contributed by atoms with E-state index in [-0.39, 0.29) is 17.2 Å². The number of phenolic OH excluding ortho intramolecular Hbond substituents is 1. The van der Waals surface area contributed by atoms with Crippen molar-refractivity contribution in [2.75, 3.05) is 11.9 Å². The highest BCUT2D eigenvalue weighted by Gasteiger charge is 2.31. The van der Waals surface area contributed by atoms with Gasteiger partial charge < -0.3 is 15.7 Å². The maximum Gasteiger partial charge on any atom is 0.228 e. The third-order valence-corrected chi connectivity index (χ3v) is 3.96. The maximum absolute atomic E-state index is 12.3. The number of aromatic hydroxyl groups is 1. The molecule has 19 heavy (non-hydrogen) atoms. The Morgan fingerprint density at radius 1 is 1.26 bits per heavy atom. The number of amides is 1. The molecule has 1 aliphatic rings. The van der Waals surface area contributed by atoms with E-state index >= 15 is 0 Å². The molecule has 1 amide bonds. The van der Waals surface area contributed by atoms with Gasteiger partial charge in [0.05, 0.1) is 0 Å². The molecule has 1 aromatic rings. The second kappa shape index (κ2) is 5.61. The molecule has 3 N–H and O–H groups in total. The first-order valence-electron chi connectivity index (χ1n) is 6.85. The van der Waals surface area contributed by atoms with Gasteiger partial charge in [-0.05, 0) is 37.1 Å². The standard InChI is InChI=1S/C15H22N2O2/c1-17(12-5-7-13(18)8-6-12)14(19)11-15(16)9-3-2-4-10-15/h5-8,18H,2-4,9-11,16H2,1H3. The Bertz CT molecular complexity index is 436. The number of hydrogen-bond donors (Lipinski definition) is 2. The number of rotatable bonds is 3. The van der Waals surface area contributed by atoms with Crippen LogP contribution in [0.5, 0.6) is 5.75 Å². The molecule has 1 fully saturated rings. The molecular formula is C15H22N2O2. The molecule has 0 aromatic heterocycles. The fourth-order valence-corrected chi connectivity index (χ4v) is 2.67. The quantitative estimate of drug-likeness (QED) is 0.879. The van der Waals surface area contributed by atoms with E-state index in [1.807, 2.05) is 0 Å². The van der Waals surface area contributed by atoms with Crippen LogP contribution in [-0.2, 0) is 4.79 Å². The van der Waals surface area contributed by atoms with Crippen molar-refractivity contribution in [2.24, 2.45) is 5.73 Å². The highest BCUT2D eigenvalue weighted by Crippen LogP contribution is 2.29. The molecule has 0 saturated heterocycles. The minimum Gasteiger partial charge on any atom is -0.508 e. The molecular weight excluding hydrogens is 240 g/mol. The zero-order chi connectivity index (χ0) is 13.9. The van der Waals surface area contributed by atoms with E-state index < -0.39 is 0 Å². The first kappa shape index (κ1) is 13.9. The second-order valence-corrected chi connectivity index (χ2v) is 5.57.